The Morgan fingerprint density at radius 1 is 1.33 bits per heavy atom. The van der Waals surface area contributed by atoms with E-state index in [0.717, 1.165) is 0 Å². The predicted molar refractivity (Wildman–Crippen MR) is 83.8 cm³/mol. The van der Waals surface area contributed by atoms with E-state index in [2.05, 4.69) is 0 Å². The molecule has 3 rings (SSSR count). The number of carbonyl (C=O) groups excluding carboxylic acids is 2. The molecule has 0 saturated carbocycles. The summed E-state index contributed by atoms with van der Waals surface area (Å²) in [5, 5.41) is 0. The Kier molecular flexibility index (Phi) is 4.82. The van der Waals surface area contributed by atoms with Crippen molar-refractivity contribution in [1.29, 1.82) is 0 Å². The molecule has 1 atom stereocenters. The number of ether oxygens (including phenoxy) is 2. The smallest absolute Gasteiger partial charge is 0.248 e. The minimum absolute atomic E-state index is 0.0123. The molecule has 1 unspecified atom stereocenters. The van der Waals surface area contributed by atoms with Crippen molar-refractivity contribution in [2.75, 3.05) is 46.5 Å². The van der Waals surface area contributed by atoms with Crippen molar-refractivity contribution in [2.45, 2.75) is 12.0 Å². The number of benzene rings is 1. The van der Waals surface area contributed by atoms with Crippen LogP contribution in [-0.2, 0) is 25.5 Å². The molecule has 0 aliphatic carbocycles. The summed E-state index contributed by atoms with van der Waals surface area (Å²) in [7, 11) is 1.70. The van der Waals surface area contributed by atoms with E-state index in [1.807, 2.05) is 0 Å². The molecule has 2 fully saturated rings. The molecule has 130 valence electrons. The predicted octanol–water partition coefficient (Wildman–Crippen LogP) is 0.454. The van der Waals surface area contributed by atoms with Crippen LogP contribution in [0.25, 0.3) is 0 Å². The van der Waals surface area contributed by atoms with Crippen molar-refractivity contribution >= 4 is 11.8 Å². The molecule has 24 heavy (non-hydrogen) atoms. The lowest BCUT2D eigenvalue weighted by atomic mass is 10.0. The SMILES string of the molecule is CN1CC2(COCC1=O)CN(C(=O)Cc1ccccc1F)CCO2. The van der Waals surface area contributed by atoms with Crippen LogP contribution in [0.4, 0.5) is 4.39 Å². The lowest BCUT2D eigenvalue weighted by Crippen LogP contribution is -2.59. The summed E-state index contributed by atoms with van der Waals surface area (Å²) in [6.07, 6.45) is 0.0123. The summed E-state index contributed by atoms with van der Waals surface area (Å²) >= 11 is 0. The molecule has 0 N–H and O–H groups in total. The van der Waals surface area contributed by atoms with Crippen LogP contribution in [0, 0.1) is 5.82 Å². The number of hydrogen-bond acceptors (Lipinski definition) is 4. The van der Waals surface area contributed by atoms with Gasteiger partial charge in [0.15, 0.2) is 0 Å². The molecular weight excluding hydrogens is 315 g/mol. The lowest BCUT2D eigenvalue weighted by Gasteiger charge is -2.42. The van der Waals surface area contributed by atoms with Crippen LogP contribution in [0.2, 0.25) is 0 Å². The summed E-state index contributed by atoms with van der Waals surface area (Å²) in [6, 6.07) is 6.28. The second-order valence-corrected chi connectivity index (χ2v) is 6.36. The van der Waals surface area contributed by atoms with E-state index in [9.17, 15) is 14.0 Å². The van der Waals surface area contributed by atoms with Crippen LogP contribution in [-0.4, -0.2) is 73.7 Å². The van der Waals surface area contributed by atoms with Gasteiger partial charge < -0.3 is 19.3 Å². The van der Waals surface area contributed by atoms with Gasteiger partial charge >= 0.3 is 0 Å². The third-order valence-electron chi connectivity index (χ3n) is 4.44. The average molecular weight is 336 g/mol. The van der Waals surface area contributed by atoms with Crippen molar-refractivity contribution in [3.05, 3.63) is 35.6 Å². The number of nitrogens with zero attached hydrogens (tertiary/aromatic N) is 2. The molecule has 0 radical (unpaired) electrons. The Bertz CT molecular complexity index is 639. The van der Waals surface area contributed by atoms with Crippen LogP contribution in [0.5, 0.6) is 0 Å². The number of hydrogen-bond donors (Lipinski definition) is 0. The quantitative estimate of drug-likeness (QED) is 0.787. The van der Waals surface area contributed by atoms with Gasteiger partial charge in [0.05, 0.1) is 32.7 Å². The Morgan fingerprint density at radius 2 is 2.12 bits per heavy atom. The van der Waals surface area contributed by atoms with E-state index in [1.165, 1.54) is 6.07 Å². The Labute approximate surface area is 140 Å². The zero-order valence-electron chi connectivity index (χ0n) is 13.7. The fourth-order valence-corrected chi connectivity index (χ4v) is 3.16. The molecule has 2 aliphatic heterocycles. The first-order valence-corrected chi connectivity index (χ1v) is 7.96. The summed E-state index contributed by atoms with van der Waals surface area (Å²) in [5.41, 5.74) is -0.336. The number of halogens is 1. The minimum Gasteiger partial charge on any atom is -0.368 e. The van der Waals surface area contributed by atoms with Crippen molar-refractivity contribution < 1.29 is 23.5 Å². The molecule has 7 heteroatoms. The summed E-state index contributed by atoms with van der Waals surface area (Å²) < 4.78 is 25.0. The van der Waals surface area contributed by atoms with E-state index in [0.29, 0.717) is 31.8 Å². The van der Waals surface area contributed by atoms with Crippen LogP contribution in [0.3, 0.4) is 0 Å². The highest BCUT2D eigenvalue weighted by Crippen LogP contribution is 2.23. The van der Waals surface area contributed by atoms with Gasteiger partial charge in [-0.2, -0.15) is 0 Å². The van der Waals surface area contributed by atoms with Gasteiger partial charge in [-0.05, 0) is 11.6 Å². The van der Waals surface area contributed by atoms with E-state index >= 15 is 0 Å². The van der Waals surface area contributed by atoms with Gasteiger partial charge in [0.2, 0.25) is 11.8 Å². The number of carbonyl (C=O) groups is 2. The fraction of sp³-hybridized carbons (Fsp3) is 0.529. The van der Waals surface area contributed by atoms with Crippen LogP contribution in [0.1, 0.15) is 5.56 Å². The van der Waals surface area contributed by atoms with Crippen LogP contribution in [0.15, 0.2) is 24.3 Å². The van der Waals surface area contributed by atoms with Crippen LogP contribution >= 0.6 is 0 Å². The van der Waals surface area contributed by atoms with Gasteiger partial charge in [-0.1, -0.05) is 18.2 Å². The van der Waals surface area contributed by atoms with E-state index in [1.54, 1.807) is 35.0 Å². The molecule has 2 aliphatic rings. The fourth-order valence-electron chi connectivity index (χ4n) is 3.16. The second-order valence-electron chi connectivity index (χ2n) is 6.36. The molecule has 1 spiro atoms. The zero-order chi connectivity index (χ0) is 17.2. The third-order valence-corrected chi connectivity index (χ3v) is 4.44. The zero-order valence-corrected chi connectivity index (χ0v) is 13.7. The first-order chi connectivity index (χ1) is 11.5. The average Bonchev–Trinajstić information content (AvgIpc) is 2.69. The number of rotatable bonds is 2. The highest BCUT2D eigenvalue weighted by Gasteiger charge is 2.42. The van der Waals surface area contributed by atoms with Gasteiger partial charge in [0.25, 0.3) is 0 Å². The summed E-state index contributed by atoms with van der Waals surface area (Å²) in [4.78, 5) is 27.6. The van der Waals surface area contributed by atoms with Crippen molar-refractivity contribution in [1.82, 2.24) is 9.80 Å². The van der Waals surface area contributed by atoms with Gasteiger partial charge in [0, 0.05) is 13.6 Å². The van der Waals surface area contributed by atoms with Gasteiger partial charge in [-0.25, -0.2) is 4.39 Å². The topological polar surface area (TPSA) is 59.1 Å². The minimum atomic E-state index is -0.718. The monoisotopic (exact) mass is 336 g/mol. The van der Waals surface area contributed by atoms with Crippen molar-refractivity contribution in [3.63, 3.8) is 0 Å². The van der Waals surface area contributed by atoms with Gasteiger partial charge in [0.1, 0.15) is 18.0 Å². The lowest BCUT2D eigenvalue weighted by molar-refractivity contribution is -0.160. The Morgan fingerprint density at radius 3 is 2.92 bits per heavy atom. The first kappa shape index (κ1) is 16.9. The molecule has 0 bridgehead atoms. The number of amides is 2. The van der Waals surface area contributed by atoms with E-state index < -0.39 is 5.60 Å². The molecule has 1 aromatic carbocycles. The maximum atomic E-state index is 13.8. The standard InChI is InChI=1S/C17H21FN2O4/c1-19-10-17(12-23-9-16(19)22)11-20(6-7-24-17)15(21)8-13-4-2-3-5-14(13)18/h2-5H,6-12H2,1H3. The number of likely N-dealkylation sites (N-methyl/N-ethyl adjacent to an activating group) is 1. The molecular formula is C17H21FN2O4. The Balaban J connectivity index is 1.70. The van der Waals surface area contributed by atoms with Gasteiger partial charge in [-0.15, -0.1) is 0 Å². The molecule has 0 aromatic heterocycles. The molecule has 1 aromatic rings. The molecule has 2 heterocycles. The maximum absolute atomic E-state index is 13.8. The second kappa shape index (κ2) is 6.86. The van der Waals surface area contributed by atoms with Crippen LogP contribution < -0.4 is 0 Å². The number of morpholine rings is 1. The Hall–Kier alpha value is -1.99. The maximum Gasteiger partial charge on any atom is 0.248 e. The summed E-state index contributed by atoms with van der Waals surface area (Å²) in [5.74, 6) is -0.636. The third kappa shape index (κ3) is 3.57. The highest BCUT2D eigenvalue weighted by atomic mass is 19.1. The van der Waals surface area contributed by atoms with E-state index in [-0.39, 0.29) is 37.3 Å². The van der Waals surface area contributed by atoms with Crippen molar-refractivity contribution in [3.8, 4) is 0 Å². The first-order valence-electron chi connectivity index (χ1n) is 7.96. The van der Waals surface area contributed by atoms with Crippen molar-refractivity contribution in [2.24, 2.45) is 0 Å². The largest absolute Gasteiger partial charge is 0.368 e. The molecule has 2 amide bonds. The van der Waals surface area contributed by atoms with Gasteiger partial charge in [-0.3, -0.25) is 9.59 Å². The summed E-state index contributed by atoms with van der Waals surface area (Å²) in [6.45, 7) is 1.80. The normalized spacial score (nSPS) is 25.0. The van der Waals surface area contributed by atoms with E-state index in [4.69, 9.17) is 9.47 Å². The molecule has 2 saturated heterocycles. The highest BCUT2D eigenvalue weighted by molar-refractivity contribution is 5.79. The molecule has 6 nitrogen and oxygen atoms in total.